The average molecular weight is 496 g/mol. The predicted molar refractivity (Wildman–Crippen MR) is 122 cm³/mol. The summed E-state index contributed by atoms with van der Waals surface area (Å²) in [5.74, 6) is -2.00. The molecule has 0 unspecified atom stereocenters. The predicted octanol–water partition coefficient (Wildman–Crippen LogP) is 4.94. The first-order valence-electron chi connectivity index (χ1n) is 11.7. The summed E-state index contributed by atoms with van der Waals surface area (Å²) >= 11 is 0. The van der Waals surface area contributed by atoms with Crippen LogP contribution in [-0.2, 0) is 15.7 Å². The monoisotopic (exact) mass is 495 g/mol. The van der Waals surface area contributed by atoms with Gasteiger partial charge in [-0.15, -0.1) is 0 Å². The molecule has 3 aliphatic rings. The van der Waals surface area contributed by atoms with Gasteiger partial charge in [-0.3, -0.25) is 9.79 Å². The van der Waals surface area contributed by atoms with Gasteiger partial charge in [0.25, 0.3) is 5.91 Å². The molecule has 1 saturated heterocycles. The summed E-state index contributed by atoms with van der Waals surface area (Å²) < 4.78 is 59.7. The summed E-state index contributed by atoms with van der Waals surface area (Å²) in [6, 6.07) is 3.44. The number of ether oxygens (including phenoxy) is 1. The lowest BCUT2D eigenvalue weighted by atomic mass is 9.85. The number of amides is 2. The number of likely N-dealkylation sites (tertiary alicyclic amines) is 1. The first kappa shape index (κ1) is 25.2. The highest BCUT2D eigenvalue weighted by atomic mass is 19.4. The third-order valence-corrected chi connectivity index (χ3v) is 6.56. The Kier molecular flexibility index (Phi) is 6.68. The largest absolute Gasteiger partial charge is 0.444 e. The fourth-order valence-electron chi connectivity index (χ4n) is 4.93. The Bertz CT molecular complexity index is 1080. The molecule has 0 radical (unpaired) electrons. The van der Waals surface area contributed by atoms with Crippen molar-refractivity contribution in [3.8, 4) is 0 Å². The molecule has 1 aromatic carbocycles. The Labute approximate surface area is 201 Å². The fraction of sp³-hybridized carbons (Fsp3) is 0.560. The van der Waals surface area contributed by atoms with E-state index in [0.717, 1.165) is 17.2 Å². The van der Waals surface area contributed by atoms with E-state index in [4.69, 9.17) is 4.74 Å². The smallest absolute Gasteiger partial charge is 0.419 e. The zero-order valence-corrected chi connectivity index (χ0v) is 20.0. The molecule has 0 spiro atoms. The summed E-state index contributed by atoms with van der Waals surface area (Å²) in [7, 11) is 0. The van der Waals surface area contributed by atoms with Crippen LogP contribution in [0.25, 0.3) is 0 Å². The third-order valence-electron chi connectivity index (χ3n) is 6.56. The van der Waals surface area contributed by atoms with Crippen LogP contribution in [0.4, 0.5) is 22.4 Å². The van der Waals surface area contributed by atoms with E-state index in [1.165, 1.54) is 12.1 Å². The van der Waals surface area contributed by atoms with Crippen molar-refractivity contribution in [2.24, 2.45) is 4.99 Å². The van der Waals surface area contributed by atoms with E-state index in [2.05, 4.69) is 4.99 Å². The van der Waals surface area contributed by atoms with Crippen LogP contribution in [0.15, 0.2) is 34.3 Å². The maximum absolute atomic E-state index is 14.0. The Morgan fingerprint density at radius 1 is 1.06 bits per heavy atom. The number of benzene rings is 1. The number of alkyl halides is 3. The van der Waals surface area contributed by atoms with Gasteiger partial charge < -0.3 is 14.5 Å². The van der Waals surface area contributed by atoms with Crippen LogP contribution in [0.3, 0.4) is 0 Å². The van der Waals surface area contributed by atoms with Crippen LogP contribution in [0.2, 0.25) is 0 Å². The molecule has 2 amide bonds. The van der Waals surface area contributed by atoms with Gasteiger partial charge in [0.2, 0.25) is 0 Å². The summed E-state index contributed by atoms with van der Waals surface area (Å²) in [5, 5.41) is 0. The number of hydrogen-bond acceptors (Lipinski definition) is 4. The van der Waals surface area contributed by atoms with Crippen LogP contribution in [-0.4, -0.2) is 65.8 Å². The molecule has 3 aliphatic heterocycles. The fourth-order valence-corrected chi connectivity index (χ4v) is 4.93. The molecule has 0 N–H and O–H groups in total. The van der Waals surface area contributed by atoms with Gasteiger partial charge >= 0.3 is 12.3 Å². The van der Waals surface area contributed by atoms with Crippen molar-refractivity contribution in [1.82, 2.24) is 9.80 Å². The highest BCUT2D eigenvalue weighted by Crippen LogP contribution is 2.40. The quantitative estimate of drug-likeness (QED) is 0.546. The van der Waals surface area contributed by atoms with E-state index in [1.807, 2.05) is 0 Å². The van der Waals surface area contributed by atoms with Gasteiger partial charge in [0, 0.05) is 26.2 Å². The van der Waals surface area contributed by atoms with E-state index < -0.39 is 35.2 Å². The van der Waals surface area contributed by atoms with Crippen LogP contribution < -0.4 is 0 Å². The summed E-state index contributed by atoms with van der Waals surface area (Å²) in [5.41, 5.74) is 0.275. The number of piperidine rings is 1. The molecule has 190 valence electrons. The number of carbonyl (C=O) groups excluding carboxylic acids is 2. The minimum atomic E-state index is -4.77. The van der Waals surface area contributed by atoms with Gasteiger partial charge in [0.05, 0.1) is 12.1 Å². The molecule has 6 nitrogen and oxygen atoms in total. The summed E-state index contributed by atoms with van der Waals surface area (Å²) in [6.45, 7) is 7.05. The number of nitrogens with zero attached hydrogens (tertiary/aromatic N) is 3. The lowest BCUT2D eigenvalue weighted by Crippen LogP contribution is -2.44. The molecule has 35 heavy (non-hydrogen) atoms. The maximum Gasteiger partial charge on any atom is 0.419 e. The van der Waals surface area contributed by atoms with Gasteiger partial charge in [-0.2, -0.15) is 13.2 Å². The molecule has 1 fully saturated rings. The highest BCUT2D eigenvalue weighted by molar-refractivity contribution is 6.46. The molecule has 10 heteroatoms. The zero-order valence-electron chi connectivity index (χ0n) is 20.0. The maximum atomic E-state index is 14.0. The third kappa shape index (κ3) is 5.36. The summed E-state index contributed by atoms with van der Waals surface area (Å²) in [4.78, 5) is 33.2. The molecular formula is C25H29F4N3O3. The average Bonchev–Trinajstić information content (AvgIpc) is 3.20. The standard InChI is InChI=1S/C25H29F4N3O3/c1-24(2,3)35-23(34)32-12-9-18-16(14-32)13-30-21(18)22(33)31-10-7-15(8-11-31)17-5-4-6-19(26)20(17)25(27,28)29/h4-6,15H,7-14H2,1-3H3. The van der Waals surface area contributed by atoms with E-state index in [9.17, 15) is 27.2 Å². The number of hydrogen-bond donors (Lipinski definition) is 0. The normalized spacial score (nSPS) is 19.6. The van der Waals surface area contributed by atoms with Crippen molar-refractivity contribution in [3.05, 3.63) is 46.3 Å². The number of rotatable bonds is 2. The lowest BCUT2D eigenvalue weighted by molar-refractivity contribution is -0.141. The Balaban J connectivity index is 1.40. The highest BCUT2D eigenvalue weighted by Gasteiger charge is 2.40. The first-order chi connectivity index (χ1) is 16.3. The molecule has 0 aliphatic carbocycles. The van der Waals surface area contributed by atoms with E-state index in [0.29, 0.717) is 44.6 Å². The summed E-state index contributed by atoms with van der Waals surface area (Å²) in [6.07, 6.45) is -4.06. The van der Waals surface area contributed by atoms with Gasteiger partial charge in [-0.05, 0) is 68.7 Å². The van der Waals surface area contributed by atoms with Crippen LogP contribution in [0.1, 0.15) is 57.1 Å². The molecular weight excluding hydrogens is 466 g/mol. The minimum absolute atomic E-state index is 0.0534. The second kappa shape index (κ2) is 9.28. The number of halogens is 4. The molecule has 0 saturated carbocycles. The van der Waals surface area contributed by atoms with Crippen molar-refractivity contribution < 1.29 is 31.9 Å². The lowest BCUT2D eigenvalue weighted by Gasteiger charge is -2.34. The zero-order chi connectivity index (χ0) is 25.5. The Hall–Kier alpha value is -2.91. The topological polar surface area (TPSA) is 62.2 Å². The second-order valence-corrected chi connectivity index (χ2v) is 10.2. The van der Waals surface area contributed by atoms with Crippen LogP contribution in [0.5, 0.6) is 0 Å². The number of aliphatic imine (C=N–C) groups is 1. The van der Waals surface area contributed by atoms with Crippen molar-refractivity contribution >= 4 is 17.7 Å². The van der Waals surface area contributed by atoms with Crippen molar-refractivity contribution in [3.63, 3.8) is 0 Å². The molecule has 1 aromatic rings. The van der Waals surface area contributed by atoms with Gasteiger partial charge in [-0.25, -0.2) is 9.18 Å². The number of carbonyl (C=O) groups is 2. The molecule has 3 heterocycles. The molecule has 0 bridgehead atoms. The molecule has 4 rings (SSSR count). The van der Waals surface area contributed by atoms with Crippen molar-refractivity contribution in [1.29, 1.82) is 0 Å². The van der Waals surface area contributed by atoms with E-state index in [-0.39, 0.29) is 24.6 Å². The molecule has 0 atom stereocenters. The van der Waals surface area contributed by atoms with Crippen LogP contribution >= 0.6 is 0 Å². The van der Waals surface area contributed by atoms with Crippen LogP contribution in [0, 0.1) is 5.82 Å². The van der Waals surface area contributed by atoms with Crippen molar-refractivity contribution in [2.45, 2.75) is 57.7 Å². The Morgan fingerprint density at radius 2 is 1.74 bits per heavy atom. The van der Waals surface area contributed by atoms with E-state index >= 15 is 0 Å². The van der Waals surface area contributed by atoms with Crippen molar-refractivity contribution in [2.75, 3.05) is 32.7 Å². The SMILES string of the molecule is CC(C)(C)OC(=O)N1CCC2=C(CN=C2C(=O)N2CCC(c3cccc(F)c3C(F)(F)F)CC2)C1. The molecule has 0 aromatic heterocycles. The first-order valence-corrected chi connectivity index (χ1v) is 11.7. The minimum Gasteiger partial charge on any atom is -0.444 e. The Morgan fingerprint density at radius 3 is 2.37 bits per heavy atom. The van der Waals surface area contributed by atoms with Gasteiger partial charge in [0.15, 0.2) is 0 Å². The van der Waals surface area contributed by atoms with Gasteiger partial charge in [-0.1, -0.05) is 12.1 Å². The second-order valence-electron chi connectivity index (χ2n) is 10.2. The van der Waals surface area contributed by atoms with Gasteiger partial charge in [0.1, 0.15) is 17.1 Å². The van der Waals surface area contributed by atoms with E-state index in [1.54, 1.807) is 30.6 Å².